The zero-order chi connectivity index (χ0) is 17.8. The summed E-state index contributed by atoms with van der Waals surface area (Å²) in [5, 5.41) is 3.82. The van der Waals surface area contributed by atoms with Gasteiger partial charge in [0.2, 0.25) is 5.91 Å². The molecule has 1 saturated heterocycles. The second-order valence-corrected chi connectivity index (χ2v) is 5.87. The number of hydrogen-bond acceptors (Lipinski definition) is 6. The van der Waals surface area contributed by atoms with Crippen LogP contribution >= 0.6 is 0 Å². The lowest BCUT2D eigenvalue weighted by atomic mass is 10.1. The molecular weight excluding hydrogens is 326 g/mol. The third kappa shape index (κ3) is 3.52. The van der Waals surface area contributed by atoms with Crippen LogP contribution < -0.4 is 15.2 Å². The monoisotopic (exact) mass is 347 g/mol. The Bertz CT molecular complexity index is 805. The molecule has 2 aromatic rings. The van der Waals surface area contributed by atoms with Crippen LogP contribution in [-0.4, -0.2) is 47.8 Å². The molecule has 2 heterocycles. The minimum absolute atomic E-state index is 0.0913. The molecule has 8 heteroatoms. The number of likely N-dealkylation sites (tertiary alicyclic amines) is 1. The molecule has 0 radical (unpaired) electrons. The third-order valence-corrected chi connectivity index (χ3v) is 4.33. The zero-order valence-corrected chi connectivity index (χ0v) is 14.4. The van der Waals surface area contributed by atoms with Gasteiger partial charge < -0.3 is 14.4 Å². The summed E-state index contributed by atoms with van der Waals surface area (Å²) in [5.74, 6) is 0.593. The lowest BCUT2D eigenvalue weighted by Gasteiger charge is -2.26. The van der Waals surface area contributed by atoms with Crippen LogP contribution in [0.1, 0.15) is 19.3 Å². The van der Waals surface area contributed by atoms with E-state index in [1.807, 2.05) is 0 Å². The van der Waals surface area contributed by atoms with Crippen LogP contribution in [0, 0.1) is 0 Å². The van der Waals surface area contributed by atoms with Gasteiger partial charge in [0, 0.05) is 18.7 Å². The average Bonchev–Trinajstić information content (AvgIpc) is 3.02. The Hall–Kier alpha value is -2.77. The fourth-order valence-corrected chi connectivity index (χ4v) is 2.97. The van der Waals surface area contributed by atoms with E-state index in [-0.39, 0.29) is 18.3 Å². The first-order chi connectivity index (χ1) is 12.1. The van der Waals surface area contributed by atoms with Crippen LogP contribution in [0.25, 0.3) is 11.4 Å². The minimum atomic E-state index is -0.657. The summed E-state index contributed by atoms with van der Waals surface area (Å²) in [6, 6.07) is 5.14. The molecular formula is C17H21N3O5. The number of amides is 1. The quantitative estimate of drug-likeness (QED) is 0.815. The van der Waals surface area contributed by atoms with Gasteiger partial charge in [0.25, 0.3) is 0 Å². The highest BCUT2D eigenvalue weighted by molar-refractivity contribution is 5.77. The summed E-state index contributed by atoms with van der Waals surface area (Å²) in [5.41, 5.74) is 0.606. The van der Waals surface area contributed by atoms with Crippen LogP contribution in [0.4, 0.5) is 0 Å². The van der Waals surface area contributed by atoms with E-state index in [2.05, 4.69) is 5.16 Å². The number of hydrogen-bond donors (Lipinski definition) is 0. The summed E-state index contributed by atoms with van der Waals surface area (Å²) in [4.78, 5) is 26.3. The number of carbonyl (C=O) groups excluding carboxylic acids is 1. The molecule has 0 bridgehead atoms. The molecule has 0 saturated carbocycles. The average molecular weight is 347 g/mol. The van der Waals surface area contributed by atoms with E-state index in [9.17, 15) is 9.59 Å². The molecule has 1 aromatic heterocycles. The maximum Gasteiger partial charge on any atom is 0.442 e. The topological polar surface area (TPSA) is 86.8 Å². The van der Waals surface area contributed by atoms with Gasteiger partial charge in [0.05, 0.1) is 14.2 Å². The third-order valence-electron chi connectivity index (χ3n) is 4.33. The Morgan fingerprint density at radius 1 is 1.16 bits per heavy atom. The van der Waals surface area contributed by atoms with E-state index in [0.717, 1.165) is 32.4 Å². The highest BCUT2D eigenvalue weighted by atomic mass is 16.5. The molecule has 134 valence electrons. The highest BCUT2D eigenvalue weighted by Crippen LogP contribution is 2.31. The Labute approximate surface area is 144 Å². The van der Waals surface area contributed by atoms with Crippen molar-refractivity contribution in [2.45, 2.75) is 25.8 Å². The molecule has 0 spiro atoms. The van der Waals surface area contributed by atoms with E-state index < -0.39 is 5.76 Å². The number of carbonyl (C=O) groups is 1. The van der Waals surface area contributed by atoms with Gasteiger partial charge in [-0.25, -0.2) is 9.36 Å². The molecule has 8 nitrogen and oxygen atoms in total. The van der Waals surface area contributed by atoms with Crippen molar-refractivity contribution in [1.29, 1.82) is 0 Å². The summed E-state index contributed by atoms with van der Waals surface area (Å²) in [6.07, 6.45) is 3.12. The predicted octanol–water partition coefficient (Wildman–Crippen LogP) is 1.53. The maximum atomic E-state index is 12.5. The second-order valence-electron chi connectivity index (χ2n) is 5.87. The first-order valence-corrected chi connectivity index (χ1v) is 8.20. The number of benzene rings is 1. The fraction of sp³-hybridized carbons (Fsp3) is 0.471. The summed E-state index contributed by atoms with van der Waals surface area (Å²) in [6.45, 7) is 1.36. The molecule has 1 aromatic carbocycles. The molecule has 0 aliphatic carbocycles. The van der Waals surface area contributed by atoms with E-state index in [4.69, 9.17) is 14.0 Å². The van der Waals surface area contributed by atoms with Crippen LogP contribution in [-0.2, 0) is 11.3 Å². The molecule has 1 amide bonds. The number of aromatic nitrogens is 2. The zero-order valence-electron chi connectivity index (χ0n) is 14.4. The predicted molar refractivity (Wildman–Crippen MR) is 89.7 cm³/mol. The Morgan fingerprint density at radius 3 is 2.56 bits per heavy atom. The van der Waals surface area contributed by atoms with Crippen molar-refractivity contribution < 1.29 is 18.8 Å². The molecule has 25 heavy (non-hydrogen) atoms. The Morgan fingerprint density at radius 2 is 1.88 bits per heavy atom. The molecule has 0 atom stereocenters. The van der Waals surface area contributed by atoms with Gasteiger partial charge in [-0.2, -0.15) is 0 Å². The summed E-state index contributed by atoms with van der Waals surface area (Å²) < 4.78 is 16.5. The minimum Gasteiger partial charge on any atom is -0.493 e. The number of ether oxygens (including phenoxy) is 2. The summed E-state index contributed by atoms with van der Waals surface area (Å²) in [7, 11) is 3.07. The van der Waals surface area contributed by atoms with Crippen molar-refractivity contribution in [2.24, 2.45) is 0 Å². The highest BCUT2D eigenvalue weighted by Gasteiger charge is 2.21. The van der Waals surface area contributed by atoms with Gasteiger partial charge in [-0.3, -0.25) is 9.32 Å². The smallest absolute Gasteiger partial charge is 0.442 e. The molecule has 1 aliphatic rings. The van der Waals surface area contributed by atoms with Crippen LogP contribution in [0.2, 0.25) is 0 Å². The molecule has 0 unspecified atom stereocenters. The van der Waals surface area contributed by atoms with Gasteiger partial charge >= 0.3 is 5.76 Å². The largest absolute Gasteiger partial charge is 0.493 e. The molecule has 0 N–H and O–H groups in total. The SMILES string of the molecule is COc1ccc(-c2noc(=O)n2CC(=O)N2CCCCC2)cc1OC. The van der Waals surface area contributed by atoms with E-state index in [0.29, 0.717) is 17.1 Å². The van der Waals surface area contributed by atoms with Crippen molar-refractivity contribution in [1.82, 2.24) is 14.6 Å². The van der Waals surface area contributed by atoms with Crippen molar-refractivity contribution in [2.75, 3.05) is 27.3 Å². The van der Waals surface area contributed by atoms with E-state index in [1.165, 1.54) is 11.7 Å². The van der Waals surface area contributed by atoms with Gasteiger partial charge in [-0.15, -0.1) is 0 Å². The van der Waals surface area contributed by atoms with Crippen LogP contribution in [0.3, 0.4) is 0 Å². The van der Waals surface area contributed by atoms with Gasteiger partial charge in [0.15, 0.2) is 17.3 Å². The maximum absolute atomic E-state index is 12.5. The molecule has 1 aliphatic heterocycles. The lowest BCUT2D eigenvalue weighted by Crippen LogP contribution is -2.39. The van der Waals surface area contributed by atoms with Gasteiger partial charge in [-0.1, -0.05) is 5.16 Å². The van der Waals surface area contributed by atoms with Gasteiger partial charge in [0.1, 0.15) is 6.54 Å². The van der Waals surface area contributed by atoms with Gasteiger partial charge in [-0.05, 0) is 37.5 Å². The Kier molecular flexibility index (Phi) is 5.06. The number of piperidine rings is 1. The molecule has 3 rings (SSSR count). The lowest BCUT2D eigenvalue weighted by molar-refractivity contribution is -0.132. The number of nitrogens with zero attached hydrogens (tertiary/aromatic N) is 3. The number of rotatable bonds is 5. The first-order valence-electron chi connectivity index (χ1n) is 8.20. The van der Waals surface area contributed by atoms with E-state index in [1.54, 1.807) is 30.2 Å². The van der Waals surface area contributed by atoms with Crippen molar-refractivity contribution in [3.63, 3.8) is 0 Å². The summed E-state index contributed by atoms with van der Waals surface area (Å²) >= 11 is 0. The Balaban J connectivity index is 1.89. The van der Waals surface area contributed by atoms with Crippen molar-refractivity contribution >= 4 is 5.91 Å². The van der Waals surface area contributed by atoms with Crippen molar-refractivity contribution in [3.8, 4) is 22.9 Å². The molecule has 1 fully saturated rings. The van der Waals surface area contributed by atoms with Crippen LogP contribution in [0.5, 0.6) is 11.5 Å². The fourth-order valence-electron chi connectivity index (χ4n) is 2.97. The normalized spacial score (nSPS) is 14.4. The second kappa shape index (κ2) is 7.42. The van der Waals surface area contributed by atoms with E-state index >= 15 is 0 Å². The van der Waals surface area contributed by atoms with Crippen molar-refractivity contribution in [3.05, 3.63) is 28.7 Å². The first kappa shape index (κ1) is 17.1. The number of methoxy groups -OCH3 is 2. The van der Waals surface area contributed by atoms with Crippen LogP contribution in [0.15, 0.2) is 27.5 Å². The standard InChI is InChI=1S/C17H21N3O5/c1-23-13-7-6-12(10-14(13)24-2)16-18-25-17(22)20(16)11-15(21)19-8-4-3-5-9-19/h6-7,10H,3-5,8-9,11H2,1-2H3.